The lowest BCUT2D eigenvalue weighted by Crippen LogP contribution is -2.42. The zero-order chi connectivity index (χ0) is 24.5. The number of alkyl halides is 1. The van der Waals surface area contributed by atoms with Crippen LogP contribution in [-0.2, 0) is 10.0 Å². The average Bonchev–Trinajstić information content (AvgIpc) is 3.17. The van der Waals surface area contributed by atoms with E-state index in [0.29, 0.717) is 36.3 Å². The van der Waals surface area contributed by atoms with Crippen LogP contribution in [0.25, 0.3) is 0 Å². The van der Waals surface area contributed by atoms with Crippen molar-refractivity contribution in [2.45, 2.75) is 28.7 Å². The minimum atomic E-state index is -4.03. The zero-order valence-corrected chi connectivity index (χ0v) is 21.2. The van der Waals surface area contributed by atoms with Gasteiger partial charge in [-0.3, -0.25) is 9.98 Å². The molecule has 0 aromatic heterocycles. The molecule has 0 aliphatic carbocycles. The van der Waals surface area contributed by atoms with Crippen molar-refractivity contribution in [1.82, 2.24) is 9.31 Å². The van der Waals surface area contributed by atoms with Gasteiger partial charge in [-0.25, -0.2) is 26.5 Å². The molecule has 2 unspecified atom stereocenters. The smallest absolute Gasteiger partial charge is 0.243 e. The Morgan fingerprint density at radius 3 is 2.65 bits per heavy atom. The van der Waals surface area contributed by atoms with Crippen LogP contribution in [0.2, 0.25) is 5.02 Å². The molecular formula is C22H21BrClF2N5O2S. The van der Waals surface area contributed by atoms with Crippen molar-refractivity contribution in [3.05, 3.63) is 64.7 Å². The van der Waals surface area contributed by atoms with E-state index >= 15 is 0 Å². The van der Waals surface area contributed by atoms with Crippen LogP contribution in [0.15, 0.2) is 62.4 Å². The fraction of sp³-hybridized carbons (Fsp3) is 0.318. The van der Waals surface area contributed by atoms with E-state index in [9.17, 15) is 17.2 Å². The number of hydrogen-bond donors (Lipinski definition) is 0. The summed E-state index contributed by atoms with van der Waals surface area (Å²) in [6.45, 7) is 0.449. The van der Waals surface area contributed by atoms with Gasteiger partial charge in [-0.05, 0) is 24.6 Å². The molecule has 4 rings (SSSR count). The van der Waals surface area contributed by atoms with Gasteiger partial charge in [-0.15, -0.1) is 0 Å². The lowest BCUT2D eigenvalue weighted by Gasteiger charge is -2.30. The van der Waals surface area contributed by atoms with Gasteiger partial charge in [0.15, 0.2) is 6.17 Å². The number of sulfonamides is 1. The highest BCUT2D eigenvalue weighted by molar-refractivity contribution is 9.10. The minimum Gasteiger partial charge on any atom is -0.270 e. The van der Waals surface area contributed by atoms with Gasteiger partial charge in [0, 0.05) is 49.4 Å². The van der Waals surface area contributed by atoms with Crippen molar-refractivity contribution in [1.29, 1.82) is 0 Å². The van der Waals surface area contributed by atoms with Crippen molar-refractivity contribution in [3.8, 4) is 0 Å². The summed E-state index contributed by atoms with van der Waals surface area (Å²) >= 11 is 9.94. The molecule has 0 fully saturated rings. The molecule has 0 N–H and O–H groups in total. The molecule has 7 nitrogen and oxygen atoms in total. The topological polar surface area (TPSA) is 77.7 Å². The van der Waals surface area contributed by atoms with E-state index in [0.717, 1.165) is 27.7 Å². The summed E-state index contributed by atoms with van der Waals surface area (Å²) < 4.78 is 53.3. The number of aliphatic imine (C=N–C) groups is 2. The van der Waals surface area contributed by atoms with Gasteiger partial charge in [-0.1, -0.05) is 45.7 Å². The molecular weight excluding hydrogens is 552 g/mol. The highest BCUT2D eigenvalue weighted by Crippen LogP contribution is 2.29. The van der Waals surface area contributed by atoms with Crippen LogP contribution < -0.4 is 0 Å². The SMILES string of the molecule is CN(CCCN=C1CC(c2ccccc2Cl)=NC2C(Br)C=NN12)S(=O)(=O)c1cc(F)cc(F)c1. The van der Waals surface area contributed by atoms with Gasteiger partial charge in [0.2, 0.25) is 10.0 Å². The molecule has 2 aromatic rings. The van der Waals surface area contributed by atoms with Crippen LogP contribution in [0.5, 0.6) is 0 Å². The van der Waals surface area contributed by atoms with Crippen LogP contribution in [0.1, 0.15) is 18.4 Å². The molecule has 2 aliphatic heterocycles. The number of hydrazone groups is 1. The molecule has 34 heavy (non-hydrogen) atoms. The Kier molecular flexibility index (Phi) is 7.46. The summed E-state index contributed by atoms with van der Waals surface area (Å²) in [5.74, 6) is -1.19. The van der Waals surface area contributed by atoms with Crippen LogP contribution in [-0.4, -0.2) is 66.6 Å². The lowest BCUT2D eigenvalue weighted by atomic mass is 10.0. The van der Waals surface area contributed by atoms with Crippen LogP contribution in [0.3, 0.4) is 0 Å². The molecule has 0 bridgehead atoms. The molecule has 0 radical (unpaired) electrons. The minimum absolute atomic E-state index is 0.0848. The number of nitrogens with zero attached hydrogens (tertiary/aromatic N) is 5. The molecule has 2 aromatic carbocycles. The Labute approximate surface area is 210 Å². The van der Waals surface area contributed by atoms with E-state index in [-0.39, 0.29) is 17.5 Å². The van der Waals surface area contributed by atoms with Crippen molar-refractivity contribution in [2.75, 3.05) is 20.1 Å². The second-order valence-electron chi connectivity index (χ2n) is 7.78. The summed E-state index contributed by atoms with van der Waals surface area (Å²) in [4.78, 5) is 8.95. The molecule has 0 saturated heterocycles. The maximum Gasteiger partial charge on any atom is 0.243 e. The van der Waals surface area contributed by atoms with Gasteiger partial charge in [0.05, 0.1) is 15.4 Å². The maximum absolute atomic E-state index is 13.5. The number of halogens is 4. The fourth-order valence-corrected chi connectivity index (χ4v) is 5.61. The molecule has 0 spiro atoms. The van der Waals surface area contributed by atoms with Crippen molar-refractivity contribution < 1.29 is 17.2 Å². The zero-order valence-electron chi connectivity index (χ0n) is 18.1. The lowest BCUT2D eigenvalue weighted by molar-refractivity contribution is 0.363. The first-order chi connectivity index (χ1) is 16.2. The van der Waals surface area contributed by atoms with E-state index in [1.54, 1.807) is 17.3 Å². The Morgan fingerprint density at radius 1 is 1.24 bits per heavy atom. The molecule has 0 saturated carbocycles. The van der Waals surface area contributed by atoms with Gasteiger partial charge >= 0.3 is 0 Å². The van der Waals surface area contributed by atoms with Gasteiger partial charge in [-0.2, -0.15) is 5.10 Å². The highest BCUT2D eigenvalue weighted by atomic mass is 79.9. The molecule has 2 atom stereocenters. The van der Waals surface area contributed by atoms with Gasteiger partial charge in [0.1, 0.15) is 17.5 Å². The van der Waals surface area contributed by atoms with Gasteiger partial charge in [0.25, 0.3) is 0 Å². The van der Waals surface area contributed by atoms with E-state index in [2.05, 4.69) is 26.0 Å². The Bertz CT molecular complexity index is 1270. The predicted octanol–water partition coefficient (Wildman–Crippen LogP) is 4.31. The maximum atomic E-state index is 13.5. The quantitative estimate of drug-likeness (QED) is 0.366. The van der Waals surface area contributed by atoms with Crippen molar-refractivity contribution in [2.24, 2.45) is 15.1 Å². The summed E-state index contributed by atoms with van der Waals surface area (Å²) in [6.07, 6.45) is 2.28. The second kappa shape index (κ2) is 10.2. The van der Waals surface area contributed by atoms with Gasteiger partial charge < -0.3 is 0 Å². The standard InChI is InChI=1S/C22H21BrClF2N5O2S/c1-30(34(32,33)16-10-14(25)9-15(26)11-16)8-4-7-27-21-12-20(17-5-2-3-6-19(17)24)29-22-18(23)13-28-31(21)22/h2-3,5-6,9-11,13,18,22H,4,7-8,12H2,1H3. The molecule has 2 heterocycles. The summed E-state index contributed by atoms with van der Waals surface area (Å²) in [5.41, 5.74) is 1.63. The normalized spacial score (nSPS) is 21.3. The van der Waals surface area contributed by atoms with E-state index in [1.165, 1.54) is 7.05 Å². The van der Waals surface area contributed by atoms with E-state index in [4.69, 9.17) is 16.6 Å². The first-order valence-corrected chi connectivity index (χ1v) is 13.1. The number of benzene rings is 2. The second-order valence-corrected chi connectivity index (χ2v) is 11.3. The number of amidine groups is 1. The Hall–Kier alpha value is -2.21. The van der Waals surface area contributed by atoms with E-state index < -0.39 is 26.6 Å². The monoisotopic (exact) mass is 571 g/mol. The summed E-state index contributed by atoms with van der Waals surface area (Å²) in [7, 11) is -2.66. The Morgan fingerprint density at radius 2 is 1.94 bits per heavy atom. The first kappa shape index (κ1) is 24.9. The average molecular weight is 573 g/mol. The van der Waals surface area contributed by atoms with Crippen LogP contribution in [0, 0.1) is 11.6 Å². The summed E-state index contributed by atoms with van der Waals surface area (Å²) in [5, 5.41) is 6.74. The first-order valence-electron chi connectivity index (χ1n) is 10.4. The number of hydrogen-bond acceptors (Lipinski definition) is 5. The third-order valence-corrected chi connectivity index (χ3v) is 8.27. The molecule has 180 valence electrons. The largest absolute Gasteiger partial charge is 0.270 e. The van der Waals surface area contributed by atoms with Crippen LogP contribution in [0.4, 0.5) is 8.78 Å². The summed E-state index contributed by atoms with van der Waals surface area (Å²) in [6, 6.07) is 9.69. The number of fused-ring (bicyclic) bond motifs is 1. The van der Waals surface area contributed by atoms with Crippen LogP contribution >= 0.6 is 27.5 Å². The Balaban J connectivity index is 1.45. The molecule has 0 amide bonds. The molecule has 2 aliphatic rings. The van der Waals surface area contributed by atoms with E-state index in [1.807, 2.05) is 18.2 Å². The van der Waals surface area contributed by atoms with Crippen molar-refractivity contribution >= 4 is 55.3 Å². The predicted molar refractivity (Wildman–Crippen MR) is 133 cm³/mol. The fourth-order valence-electron chi connectivity index (χ4n) is 3.66. The highest BCUT2D eigenvalue weighted by Gasteiger charge is 2.36. The molecule has 12 heteroatoms. The number of rotatable bonds is 7. The third kappa shape index (κ3) is 5.22. The third-order valence-electron chi connectivity index (χ3n) is 5.40. The van der Waals surface area contributed by atoms with Crippen molar-refractivity contribution in [3.63, 3.8) is 0 Å².